The van der Waals surface area contributed by atoms with E-state index in [1.807, 2.05) is 6.92 Å². The van der Waals surface area contributed by atoms with Gasteiger partial charge in [0.25, 0.3) is 0 Å². The molecule has 0 bridgehead atoms. The number of hydrogen-bond acceptors (Lipinski definition) is 2. The molecule has 1 fully saturated rings. The summed E-state index contributed by atoms with van der Waals surface area (Å²) in [5, 5.41) is 11.6. The van der Waals surface area contributed by atoms with Crippen molar-refractivity contribution in [1.29, 1.82) is 5.26 Å². The van der Waals surface area contributed by atoms with Crippen LogP contribution in [0.1, 0.15) is 44.6 Å². The van der Waals surface area contributed by atoms with Crippen LogP contribution in [0.3, 0.4) is 0 Å². The molecule has 2 nitrogen and oxygen atoms in total. The van der Waals surface area contributed by atoms with Crippen LogP contribution in [0.2, 0.25) is 0 Å². The first kappa shape index (κ1) is 12.8. The Kier molecular flexibility index (Phi) is 3.51. The first-order valence-electron chi connectivity index (χ1n) is 6.21. The van der Waals surface area contributed by atoms with Gasteiger partial charge in [-0.15, -0.1) is 0 Å². The van der Waals surface area contributed by atoms with Crippen LogP contribution in [-0.4, -0.2) is 5.54 Å². The molecule has 0 saturated heterocycles. The molecule has 0 unspecified atom stereocenters. The molecular formula is C14H16F2N2. The smallest absolute Gasteiger partial charge is 0.150 e. The second-order valence-corrected chi connectivity index (χ2v) is 5.17. The maximum absolute atomic E-state index is 13.8. The molecule has 1 aliphatic carbocycles. The number of anilines is 1. The van der Waals surface area contributed by atoms with Crippen LogP contribution < -0.4 is 5.32 Å². The number of benzene rings is 1. The third kappa shape index (κ3) is 2.61. The Bertz CT molecular complexity index is 462. The number of hydrogen-bond donors (Lipinski definition) is 1. The SMILES string of the molecule is CC1(Nc2c(F)cc(C#N)cc2F)CCCCC1. The van der Waals surface area contributed by atoms with Crippen LogP contribution in [0.5, 0.6) is 0 Å². The lowest BCUT2D eigenvalue weighted by atomic mass is 9.83. The minimum atomic E-state index is -0.696. The molecule has 0 heterocycles. The molecule has 96 valence electrons. The molecule has 1 N–H and O–H groups in total. The molecule has 1 aliphatic rings. The summed E-state index contributed by atoms with van der Waals surface area (Å²) < 4.78 is 27.5. The summed E-state index contributed by atoms with van der Waals surface area (Å²) in [5.74, 6) is -1.39. The van der Waals surface area contributed by atoms with E-state index in [1.165, 1.54) is 6.42 Å². The zero-order chi connectivity index (χ0) is 13.2. The molecule has 4 heteroatoms. The third-order valence-electron chi connectivity index (χ3n) is 3.56. The number of nitrogens with zero attached hydrogens (tertiary/aromatic N) is 1. The van der Waals surface area contributed by atoms with Gasteiger partial charge in [0, 0.05) is 5.54 Å². The maximum Gasteiger partial charge on any atom is 0.150 e. The lowest BCUT2D eigenvalue weighted by Crippen LogP contribution is -2.37. The lowest BCUT2D eigenvalue weighted by molar-refractivity contribution is 0.346. The summed E-state index contributed by atoms with van der Waals surface area (Å²) in [6.45, 7) is 1.99. The zero-order valence-corrected chi connectivity index (χ0v) is 10.4. The van der Waals surface area contributed by atoms with E-state index in [4.69, 9.17) is 5.26 Å². The predicted molar refractivity (Wildman–Crippen MR) is 66.2 cm³/mol. The van der Waals surface area contributed by atoms with Gasteiger partial charge in [-0.05, 0) is 31.9 Å². The number of rotatable bonds is 2. The van der Waals surface area contributed by atoms with Gasteiger partial charge in [-0.3, -0.25) is 0 Å². The summed E-state index contributed by atoms with van der Waals surface area (Å²) in [6.07, 6.45) is 5.14. The van der Waals surface area contributed by atoms with Crippen molar-refractivity contribution in [1.82, 2.24) is 0 Å². The zero-order valence-electron chi connectivity index (χ0n) is 10.4. The van der Waals surface area contributed by atoms with Crippen molar-refractivity contribution in [2.75, 3.05) is 5.32 Å². The van der Waals surface area contributed by atoms with E-state index in [1.54, 1.807) is 6.07 Å². The molecule has 2 rings (SSSR count). The Balaban J connectivity index is 2.26. The topological polar surface area (TPSA) is 35.8 Å². The van der Waals surface area contributed by atoms with Crippen LogP contribution >= 0.6 is 0 Å². The summed E-state index contributed by atoms with van der Waals surface area (Å²) >= 11 is 0. The highest BCUT2D eigenvalue weighted by atomic mass is 19.1. The Morgan fingerprint density at radius 2 is 1.72 bits per heavy atom. The van der Waals surface area contributed by atoms with Crippen molar-refractivity contribution in [2.24, 2.45) is 0 Å². The van der Waals surface area contributed by atoms with Crippen molar-refractivity contribution in [3.05, 3.63) is 29.3 Å². The summed E-state index contributed by atoms with van der Waals surface area (Å²) in [4.78, 5) is 0. The molecule has 0 spiro atoms. The van der Waals surface area contributed by atoms with Gasteiger partial charge in [0.05, 0.1) is 11.6 Å². The van der Waals surface area contributed by atoms with Crippen molar-refractivity contribution in [3.63, 3.8) is 0 Å². The number of nitriles is 1. The van der Waals surface area contributed by atoms with Crippen molar-refractivity contribution >= 4 is 5.69 Å². The first-order valence-corrected chi connectivity index (χ1v) is 6.21. The maximum atomic E-state index is 13.8. The molecular weight excluding hydrogens is 234 g/mol. The van der Waals surface area contributed by atoms with Crippen LogP contribution in [0, 0.1) is 23.0 Å². The van der Waals surface area contributed by atoms with Crippen LogP contribution in [0.15, 0.2) is 12.1 Å². The minimum Gasteiger partial charge on any atom is -0.375 e. The van der Waals surface area contributed by atoms with Gasteiger partial charge in [-0.25, -0.2) is 8.78 Å². The van der Waals surface area contributed by atoms with Gasteiger partial charge in [0.15, 0.2) is 11.6 Å². The second-order valence-electron chi connectivity index (χ2n) is 5.17. The Morgan fingerprint density at radius 1 is 1.17 bits per heavy atom. The van der Waals surface area contributed by atoms with Gasteiger partial charge >= 0.3 is 0 Å². The predicted octanol–water partition coefficient (Wildman–Crippen LogP) is 3.97. The van der Waals surface area contributed by atoms with Gasteiger partial charge in [0.2, 0.25) is 0 Å². The van der Waals surface area contributed by atoms with Gasteiger partial charge in [-0.1, -0.05) is 19.3 Å². The lowest BCUT2D eigenvalue weighted by Gasteiger charge is -2.35. The Labute approximate surface area is 106 Å². The summed E-state index contributed by atoms with van der Waals surface area (Å²) in [5.41, 5.74) is -0.364. The fourth-order valence-corrected chi connectivity index (χ4v) is 2.52. The summed E-state index contributed by atoms with van der Waals surface area (Å²) in [7, 11) is 0. The van der Waals surface area contributed by atoms with E-state index in [9.17, 15) is 8.78 Å². The highest BCUT2D eigenvalue weighted by molar-refractivity contribution is 5.52. The van der Waals surface area contributed by atoms with Crippen molar-refractivity contribution in [2.45, 2.75) is 44.6 Å². The molecule has 0 atom stereocenters. The monoisotopic (exact) mass is 250 g/mol. The van der Waals surface area contributed by atoms with E-state index in [0.29, 0.717) is 0 Å². The number of nitrogens with one attached hydrogen (secondary N) is 1. The molecule has 0 aromatic heterocycles. The average Bonchev–Trinajstić information content (AvgIpc) is 2.34. The molecule has 0 radical (unpaired) electrons. The summed E-state index contributed by atoms with van der Waals surface area (Å²) in [6, 6.07) is 3.88. The second kappa shape index (κ2) is 4.93. The largest absolute Gasteiger partial charge is 0.375 e. The van der Waals surface area contributed by atoms with Gasteiger partial charge < -0.3 is 5.32 Å². The highest BCUT2D eigenvalue weighted by Crippen LogP contribution is 2.33. The van der Waals surface area contributed by atoms with E-state index < -0.39 is 11.6 Å². The standard InChI is InChI=1S/C14H16F2N2/c1-14(5-3-2-4-6-14)18-13-11(15)7-10(9-17)8-12(13)16/h7-8,18H,2-6H2,1H3. The van der Waals surface area contributed by atoms with E-state index in [2.05, 4.69) is 5.32 Å². The normalized spacial score (nSPS) is 18.1. The van der Waals surface area contributed by atoms with Crippen LogP contribution in [0.25, 0.3) is 0 Å². The first-order chi connectivity index (χ1) is 8.54. The van der Waals surface area contributed by atoms with E-state index in [-0.39, 0.29) is 16.8 Å². The molecule has 0 amide bonds. The van der Waals surface area contributed by atoms with E-state index >= 15 is 0 Å². The Morgan fingerprint density at radius 3 is 2.22 bits per heavy atom. The molecule has 18 heavy (non-hydrogen) atoms. The molecule has 1 saturated carbocycles. The minimum absolute atomic E-state index is 0.00403. The average molecular weight is 250 g/mol. The quantitative estimate of drug-likeness (QED) is 0.862. The third-order valence-corrected chi connectivity index (χ3v) is 3.56. The Hall–Kier alpha value is -1.63. The number of halogens is 2. The van der Waals surface area contributed by atoms with Crippen molar-refractivity contribution in [3.8, 4) is 6.07 Å². The van der Waals surface area contributed by atoms with Crippen LogP contribution in [0.4, 0.5) is 14.5 Å². The van der Waals surface area contributed by atoms with Gasteiger partial charge in [-0.2, -0.15) is 5.26 Å². The highest BCUT2D eigenvalue weighted by Gasteiger charge is 2.28. The van der Waals surface area contributed by atoms with Gasteiger partial charge in [0.1, 0.15) is 5.69 Å². The van der Waals surface area contributed by atoms with E-state index in [0.717, 1.165) is 37.8 Å². The fraction of sp³-hybridized carbons (Fsp3) is 0.500. The molecule has 1 aromatic carbocycles. The molecule has 0 aliphatic heterocycles. The van der Waals surface area contributed by atoms with Crippen LogP contribution in [-0.2, 0) is 0 Å². The van der Waals surface area contributed by atoms with Crippen molar-refractivity contribution < 1.29 is 8.78 Å². The molecule has 1 aromatic rings. The fourth-order valence-electron chi connectivity index (χ4n) is 2.52.